The standard InChI is InChI=1S/C28H31N3O4/c1-27(2,3)23-13-22(34-4)9-10-25(23)35-21-7-5-19(6-8-21)15-31-26(33)28(11-12-28)14-24(32)20-16-29-18-30-17-20/h5-10,13,16-18H,11-12,14-15H2,1-4H3,(H,31,33). The highest BCUT2D eigenvalue weighted by Crippen LogP contribution is 2.49. The lowest BCUT2D eigenvalue weighted by molar-refractivity contribution is -0.126. The van der Waals surface area contributed by atoms with Crippen LogP contribution in [0.4, 0.5) is 0 Å². The number of nitrogens with zero attached hydrogens (tertiary/aromatic N) is 2. The summed E-state index contributed by atoms with van der Waals surface area (Å²) < 4.78 is 11.6. The summed E-state index contributed by atoms with van der Waals surface area (Å²) in [5.41, 5.74) is 1.72. The van der Waals surface area contributed by atoms with Crippen LogP contribution in [0.25, 0.3) is 0 Å². The van der Waals surface area contributed by atoms with Crippen molar-refractivity contribution in [2.75, 3.05) is 7.11 Å². The zero-order valence-electron chi connectivity index (χ0n) is 20.6. The molecule has 7 nitrogen and oxygen atoms in total. The molecule has 0 unspecified atom stereocenters. The Bertz CT molecular complexity index is 1200. The molecule has 1 amide bonds. The van der Waals surface area contributed by atoms with Gasteiger partial charge in [-0.15, -0.1) is 0 Å². The van der Waals surface area contributed by atoms with Crippen LogP contribution in [0.1, 0.15) is 61.5 Å². The van der Waals surface area contributed by atoms with E-state index < -0.39 is 5.41 Å². The third-order valence-electron chi connectivity index (χ3n) is 6.32. The third kappa shape index (κ3) is 5.85. The first-order chi connectivity index (χ1) is 16.7. The van der Waals surface area contributed by atoms with Crippen molar-refractivity contribution in [3.63, 3.8) is 0 Å². The molecule has 182 valence electrons. The summed E-state index contributed by atoms with van der Waals surface area (Å²) >= 11 is 0. The van der Waals surface area contributed by atoms with Crippen LogP contribution in [0.2, 0.25) is 0 Å². The number of methoxy groups -OCH3 is 1. The summed E-state index contributed by atoms with van der Waals surface area (Å²) in [6.07, 6.45) is 5.96. The van der Waals surface area contributed by atoms with Crippen molar-refractivity contribution in [2.45, 2.75) is 52.0 Å². The number of hydrogen-bond donors (Lipinski definition) is 1. The Morgan fingerprint density at radius 3 is 2.26 bits per heavy atom. The molecule has 0 saturated heterocycles. The van der Waals surface area contributed by atoms with E-state index in [0.29, 0.717) is 30.7 Å². The zero-order valence-corrected chi connectivity index (χ0v) is 20.6. The highest BCUT2D eigenvalue weighted by Gasteiger charge is 2.51. The number of ketones is 1. The molecule has 1 saturated carbocycles. The molecular formula is C28H31N3O4. The van der Waals surface area contributed by atoms with Crippen molar-refractivity contribution in [3.05, 3.63) is 77.9 Å². The molecule has 0 radical (unpaired) electrons. The topological polar surface area (TPSA) is 90.4 Å². The molecule has 1 N–H and O–H groups in total. The Hall–Kier alpha value is -3.74. The molecule has 0 aliphatic heterocycles. The fourth-order valence-corrected chi connectivity index (χ4v) is 3.97. The van der Waals surface area contributed by atoms with E-state index in [9.17, 15) is 9.59 Å². The SMILES string of the molecule is COc1ccc(Oc2ccc(CNC(=O)C3(CC(=O)c4cncnc4)CC3)cc2)c(C(C)(C)C)c1. The Balaban J connectivity index is 1.36. The molecule has 1 heterocycles. The van der Waals surface area contributed by atoms with Gasteiger partial charge in [-0.25, -0.2) is 9.97 Å². The number of amides is 1. The quantitative estimate of drug-likeness (QED) is 0.427. The number of hydrogen-bond acceptors (Lipinski definition) is 6. The van der Waals surface area contributed by atoms with E-state index in [0.717, 1.165) is 22.6 Å². The number of benzene rings is 2. The minimum atomic E-state index is -0.617. The molecule has 0 bridgehead atoms. The van der Waals surface area contributed by atoms with Gasteiger partial charge in [0.15, 0.2) is 5.78 Å². The maximum absolute atomic E-state index is 12.8. The van der Waals surface area contributed by atoms with Gasteiger partial charge in [-0.05, 0) is 54.2 Å². The number of rotatable bonds is 9. The molecule has 3 aromatic rings. The van der Waals surface area contributed by atoms with Crippen molar-refractivity contribution in [3.8, 4) is 17.2 Å². The second-order valence-electron chi connectivity index (χ2n) is 10.0. The first-order valence-electron chi connectivity index (χ1n) is 11.7. The smallest absolute Gasteiger partial charge is 0.226 e. The summed E-state index contributed by atoms with van der Waals surface area (Å²) in [6, 6.07) is 13.5. The number of aromatic nitrogens is 2. The van der Waals surface area contributed by atoms with Gasteiger partial charge in [0.05, 0.1) is 18.1 Å². The highest BCUT2D eigenvalue weighted by molar-refractivity contribution is 6.00. The molecule has 7 heteroatoms. The Morgan fingerprint density at radius 2 is 1.66 bits per heavy atom. The van der Waals surface area contributed by atoms with Crippen LogP contribution < -0.4 is 14.8 Å². The average Bonchev–Trinajstić information content (AvgIpc) is 3.64. The van der Waals surface area contributed by atoms with Crippen molar-refractivity contribution in [2.24, 2.45) is 5.41 Å². The predicted molar refractivity (Wildman–Crippen MR) is 133 cm³/mol. The summed E-state index contributed by atoms with van der Waals surface area (Å²) in [5.74, 6) is 2.10. The minimum Gasteiger partial charge on any atom is -0.497 e. The van der Waals surface area contributed by atoms with Crippen molar-refractivity contribution in [1.29, 1.82) is 0 Å². The van der Waals surface area contributed by atoms with Gasteiger partial charge in [-0.1, -0.05) is 32.9 Å². The Kier molecular flexibility index (Phi) is 6.87. The monoisotopic (exact) mass is 473 g/mol. The van der Waals surface area contributed by atoms with Gasteiger partial charge in [0, 0.05) is 30.9 Å². The van der Waals surface area contributed by atoms with E-state index in [2.05, 4.69) is 36.1 Å². The number of ether oxygens (including phenoxy) is 2. The molecule has 1 aromatic heterocycles. The second-order valence-corrected chi connectivity index (χ2v) is 10.0. The van der Waals surface area contributed by atoms with Crippen molar-refractivity contribution >= 4 is 11.7 Å². The van der Waals surface area contributed by atoms with Gasteiger partial charge in [0.1, 0.15) is 23.6 Å². The second kappa shape index (κ2) is 9.86. The molecule has 35 heavy (non-hydrogen) atoms. The lowest BCUT2D eigenvalue weighted by Crippen LogP contribution is -2.33. The van der Waals surface area contributed by atoms with Crippen LogP contribution in [-0.4, -0.2) is 28.8 Å². The molecule has 1 aliphatic rings. The summed E-state index contributed by atoms with van der Waals surface area (Å²) in [4.78, 5) is 33.1. The van der Waals surface area contributed by atoms with Crippen LogP contribution in [0.15, 0.2) is 61.2 Å². The van der Waals surface area contributed by atoms with Gasteiger partial charge in [0.25, 0.3) is 0 Å². The predicted octanol–water partition coefficient (Wildman–Crippen LogP) is 5.24. The van der Waals surface area contributed by atoms with Gasteiger partial charge >= 0.3 is 0 Å². The van der Waals surface area contributed by atoms with Crippen LogP contribution in [-0.2, 0) is 16.8 Å². The van der Waals surface area contributed by atoms with E-state index in [-0.39, 0.29) is 23.5 Å². The van der Waals surface area contributed by atoms with Gasteiger partial charge < -0.3 is 14.8 Å². The van der Waals surface area contributed by atoms with Crippen LogP contribution in [0, 0.1) is 5.41 Å². The molecule has 1 fully saturated rings. The van der Waals surface area contributed by atoms with Crippen molar-refractivity contribution < 1.29 is 19.1 Å². The third-order valence-corrected chi connectivity index (χ3v) is 6.32. The molecule has 0 atom stereocenters. The maximum atomic E-state index is 12.8. The van der Waals surface area contributed by atoms with E-state index in [1.807, 2.05) is 42.5 Å². The molecular weight excluding hydrogens is 442 g/mol. The fourth-order valence-electron chi connectivity index (χ4n) is 3.97. The van der Waals surface area contributed by atoms with Crippen molar-refractivity contribution in [1.82, 2.24) is 15.3 Å². The largest absolute Gasteiger partial charge is 0.497 e. The maximum Gasteiger partial charge on any atom is 0.226 e. The molecule has 4 rings (SSSR count). The van der Waals surface area contributed by atoms with E-state index in [4.69, 9.17) is 9.47 Å². The number of carbonyl (C=O) groups is 2. The number of carbonyl (C=O) groups excluding carboxylic acids is 2. The molecule has 0 spiro atoms. The number of Topliss-reactive ketones (excluding diaryl/α,β-unsaturated/α-hetero) is 1. The van der Waals surface area contributed by atoms with Crippen LogP contribution in [0.3, 0.4) is 0 Å². The summed E-state index contributed by atoms with van der Waals surface area (Å²) in [7, 11) is 1.65. The zero-order chi connectivity index (χ0) is 25.1. The first kappa shape index (κ1) is 24.4. The lowest BCUT2D eigenvalue weighted by Gasteiger charge is -2.23. The summed E-state index contributed by atoms with van der Waals surface area (Å²) in [5, 5.41) is 2.99. The Morgan fingerprint density at radius 1 is 1.00 bits per heavy atom. The summed E-state index contributed by atoms with van der Waals surface area (Å²) in [6.45, 7) is 6.79. The van der Waals surface area contributed by atoms with E-state index >= 15 is 0 Å². The number of nitrogens with one attached hydrogen (secondary N) is 1. The average molecular weight is 474 g/mol. The molecule has 2 aromatic carbocycles. The van der Waals surface area contributed by atoms with Crippen LogP contribution in [0.5, 0.6) is 17.2 Å². The van der Waals surface area contributed by atoms with Gasteiger partial charge in [0.2, 0.25) is 5.91 Å². The minimum absolute atomic E-state index is 0.0870. The highest BCUT2D eigenvalue weighted by atomic mass is 16.5. The van der Waals surface area contributed by atoms with Gasteiger partial charge in [-0.3, -0.25) is 9.59 Å². The fraction of sp³-hybridized carbons (Fsp3) is 0.357. The normalized spacial score (nSPS) is 14.2. The lowest BCUT2D eigenvalue weighted by atomic mass is 9.86. The Labute approximate surface area is 205 Å². The first-order valence-corrected chi connectivity index (χ1v) is 11.7. The molecule has 1 aliphatic carbocycles. The van der Waals surface area contributed by atoms with Crippen LogP contribution >= 0.6 is 0 Å². The van der Waals surface area contributed by atoms with E-state index in [1.165, 1.54) is 18.7 Å². The van der Waals surface area contributed by atoms with E-state index in [1.54, 1.807) is 7.11 Å². The van der Waals surface area contributed by atoms with Gasteiger partial charge in [-0.2, -0.15) is 0 Å².